The Labute approximate surface area is 126 Å². The maximum Gasteiger partial charge on any atom is 0.309 e. The van der Waals surface area contributed by atoms with E-state index in [9.17, 15) is 4.79 Å². The van der Waals surface area contributed by atoms with Crippen LogP contribution in [0.1, 0.15) is 12.5 Å². The number of rotatable bonds is 3. The Kier molecular flexibility index (Phi) is 3.39. The molecule has 0 unspecified atom stereocenters. The van der Waals surface area contributed by atoms with Crippen molar-refractivity contribution >= 4 is 10.9 Å². The van der Waals surface area contributed by atoms with Crippen molar-refractivity contribution in [1.29, 1.82) is 5.26 Å². The summed E-state index contributed by atoms with van der Waals surface area (Å²) in [6.07, 6.45) is 1.79. The number of nitrogens with one attached hydrogen (secondary N) is 1. The number of methoxy groups -OCH3 is 1. The molecule has 6 nitrogen and oxygen atoms in total. The first-order valence-electron chi connectivity index (χ1n) is 6.86. The molecule has 0 saturated carbocycles. The van der Waals surface area contributed by atoms with Crippen molar-refractivity contribution in [3.05, 3.63) is 46.4 Å². The molecule has 110 valence electrons. The lowest BCUT2D eigenvalue weighted by molar-refractivity contribution is 0.398. The third kappa shape index (κ3) is 2.04. The molecule has 0 amide bonds. The number of hydrogen-bond donors (Lipinski definition) is 1. The normalized spacial score (nSPS) is 10.6. The van der Waals surface area contributed by atoms with E-state index >= 15 is 0 Å². The fourth-order valence-corrected chi connectivity index (χ4v) is 2.47. The van der Waals surface area contributed by atoms with Gasteiger partial charge in [-0.1, -0.05) is 12.1 Å². The highest BCUT2D eigenvalue weighted by Crippen LogP contribution is 2.29. The maximum atomic E-state index is 12.0. The number of nitriles is 1. The van der Waals surface area contributed by atoms with Crippen molar-refractivity contribution in [2.24, 2.45) is 0 Å². The van der Waals surface area contributed by atoms with Gasteiger partial charge in [-0.2, -0.15) is 10.4 Å². The van der Waals surface area contributed by atoms with Gasteiger partial charge in [0, 0.05) is 29.8 Å². The Morgan fingerprint density at radius 2 is 2.27 bits per heavy atom. The fraction of sp³-hybridized carbons (Fsp3) is 0.188. The summed E-state index contributed by atoms with van der Waals surface area (Å²) in [7, 11) is 1.46. The number of para-hydroxylation sites is 1. The molecule has 3 aromatic rings. The van der Waals surface area contributed by atoms with Crippen LogP contribution in [0.25, 0.3) is 22.2 Å². The second-order valence-electron chi connectivity index (χ2n) is 4.76. The van der Waals surface area contributed by atoms with Crippen molar-refractivity contribution in [2.75, 3.05) is 7.11 Å². The van der Waals surface area contributed by atoms with Gasteiger partial charge in [-0.25, -0.2) is 4.68 Å². The SMILES string of the molecule is CCn1nc(-c2c[nH]c3c(C#N)cccc23)cc(OC)c1=O. The monoisotopic (exact) mass is 294 g/mol. The van der Waals surface area contributed by atoms with Gasteiger partial charge in [-0.3, -0.25) is 4.79 Å². The third-order valence-corrected chi connectivity index (χ3v) is 3.57. The molecule has 3 rings (SSSR count). The smallest absolute Gasteiger partial charge is 0.309 e. The quantitative estimate of drug-likeness (QED) is 0.803. The molecule has 1 aromatic carbocycles. The molecule has 0 saturated heterocycles. The van der Waals surface area contributed by atoms with E-state index in [1.807, 2.05) is 19.1 Å². The van der Waals surface area contributed by atoms with Crippen LogP contribution in [-0.2, 0) is 6.54 Å². The second kappa shape index (κ2) is 5.37. The van der Waals surface area contributed by atoms with Gasteiger partial charge in [0.2, 0.25) is 0 Å². The largest absolute Gasteiger partial charge is 0.491 e. The van der Waals surface area contributed by atoms with Crippen LogP contribution in [0.3, 0.4) is 0 Å². The summed E-state index contributed by atoms with van der Waals surface area (Å²) in [5.41, 5.74) is 2.52. The van der Waals surface area contributed by atoms with Crippen molar-refractivity contribution in [2.45, 2.75) is 13.5 Å². The minimum atomic E-state index is -0.258. The van der Waals surface area contributed by atoms with Crippen LogP contribution in [0.4, 0.5) is 0 Å². The molecular formula is C16H14N4O2. The van der Waals surface area contributed by atoms with E-state index in [0.717, 1.165) is 16.5 Å². The number of aromatic amines is 1. The first-order valence-corrected chi connectivity index (χ1v) is 6.86. The molecule has 2 heterocycles. The van der Waals surface area contributed by atoms with Gasteiger partial charge in [-0.05, 0) is 13.0 Å². The highest BCUT2D eigenvalue weighted by atomic mass is 16.5. The Bertz CT molecular complexity index is 919. The van der Waals surface area contributed by atoms with E-state index in [1.54, 1.807) is 18.3 Å². The average molecular weight is 294 g/mol. The first kappa shape index (κ1) is 13.9. The Hall–Kier alpha value is -3.07. The molecule has 0 aliphatic rings. The molecule has 0 bridgehead atoms. The van der Waals surface area contributed by atoms with Crippen molar-refractivity contribution in [3.8, 4) is 23.1 Å². The molecule has 6 heteroatoms. The molecular weight excluding hydrogens is 280 g/mol. The van der Waals surface area contributed by atoms with Crippen LogP contribution in [0, 0.1) is 11.3 Å². The van der Waals surface area contributed by atoms with E-state index in [2.05, 4.69) is 16.2 Å². The standard InChI is InChI=1S/C16H14N4O2/c1-3-20-16(21)14(22-2)7-13(19-20)12-9-18-15-10(8-17)5-4-6-11(12)15/h4-7,9,18H,3H2,1-2H3. The van der Waals surface area contributed by atoms with Gasteiger partial charge in [0.05, 0.1) is 23.9 Å². The lowest BCUT2D eigenvalue weighted by atomic mass is 10.1. The highest BCUT2D eigenvalue weighted by Gasteiger charge is 2.14. The molecule has 0 fully saturated rings. The number of benzene rings is 1. The third-order valence-electron chi connectivity index (χ3n) is 3.57. The van der Waals surface area contributed by atoms with Crippen LogP contribution in [0.5, 0.6) is 5.75 Å². The summed E-state index contributed by atoms with van der Waals surface area (Å²) in [6.45, 7) is 2.30. The first-order chi connectivity index (χ1) is 10.7. The average Bonchev–Trinajstić information content (AvgIpc) is 2.99. The molecule has 1 N–H and O–H groups in total. The number of aryl methyl sites for hydroxylation is 1. The van der Waals surface area contributed by atoms with Gasteiger partial charge >= 0.3 is 5.56 Å². The van der Waals surface area contributed by atoms with E-state index in [-0.39, 0.29) is 11.3 Å². The Morgan fingerprint density at radius 1 is 1.45 bits per heavy atom. The zero-order valence-electron chi connectivity index (χ0n) is 12.3. The van der Waals surface area contributed by atoms with E-state index in [4.69, 9.17) is 10.00 Å². The molecule has 2 aromatic heterocycles. The fourth-order valence-electron chi connectivity index (χ4n) is 2.47. The van der Waals surface area contributed by atoms with Crippen LogP contribution in [0.15, 0.2) is 35.3 Å². The van der Waals surface area contributed by atoms with E-state index < -0.39 is 0 Å². The number of aromatic nitrogens is 3. The Balaban J connectivity index is 2.29. The summed E-state index contributed by atoms with van der Waals surface area (Å²) in [5, 5.41) is 14.4. The predicted octanol–water partition coefficient (Wildman–Crippen LogP) is 2.29. The number of nitrogens with zero attached hydrogens (tertiary/aromatic N) is 3. The van der Waals surface area contributed by atoms with Crippen molar-refractivity contribution in [1.82, 2.24) is 14.8 Å². The van der Waals surface area contributed by atoms with Crippen molar-refractivity contribution < 1.29 is 4.74 Å². The van der Waals surface area contributed by atoms with Gasteiger partial charge in [0.15, 0.2) is 5.75 Å². The summed E-state index contributed by atoms with van der Waals surface area (Å²) in [4.78, 5) is 15.1. The molecule has 0 atom stereocenters. The lowest BCUT2D eigenvalue weighted by Gasteiger charge is -2.07. The Morgan fingerprint density at radius 3 is 2.95 bits per heavy atom. The molecule has 0 spiro atoms. The zero-order valence-corrected chi connectivity index (χ0v) is 12.3. The van der Waals surface area contributed by atoms with Gasteiger partial charge in [-0.15, -0.1) is 0 Å². The number of H-pyrrole nitrogens is 1. The second-order valence-corrected chi connectivity index (χ2v) is 4.76. The summed E-state index contributed by atoms with van der Waals surface area (Å²) in [5.74, 6) is 0.248. The topological polar surface area (TPSA) is 83.7 Å². The maximum absolute atomic E-state index is 12.0. The predicted molar refractivity (Wildman–Crippen MR) is 82.7 cm³/mol. The summed E-state index contributed by atoms with van der Waals surface area (Å²) < 4.78 is 6.51. The zero-order chi connectivity index (χ0) is 15.7. The van der Waals surface area contributed by atoms with Gasteiger partial charge < -0.3 is 9.72 Å². The number of hydrogen-bond acceptors (Lipinski definition) is 4. The van der Waals surface area contributed by atoms with Crippen LogP contribution in [0.2, 0.25) is 0 Å². The minimum absolute atomic E-state index is 0.248. The van der Waals surface area contributed by atoms with Crippen LogP contribution < -0.4 is 10.3 Å². The summed E-state index contributed by atoms with van der Waals surface area (Å²) >= 11 is 0. The molecule has 0 aliphatic carbocycles. The van der Waals surface area contributed by atoms with Gasteiger partial charge in [0.25, 0.3) is 0 Å². The number of fused-ring (bicyclic) bond motifs is 1. The lowest BCUT2D eigenvalue weighted by Crippen LogP contribution is -2.23. The molecule has 22 heavy (non-hydrogen) atoms. The molecule has 0 aliphatic heterocycles. The van der Waals surface area contributed by atoms with E-state index in [0.29, 0.717) is 17.8 Å². The van der Waals surface area contributed by atoms with Crippen LogP contribution >= 0.6 is 0 Å². The van der Waals surface area contributed by atoms with Gasteiger partial charge in [0.1, 0.15) is 6.07 Å². The molecule has 0 radical (unpaired) electrons. The van der Waals surface area contributed by atoms with E-state index in [1.165, 1.54) is 11.8 Å². The van der Waals surface area contributed by atoms with Crippen molar-refractivity contribution in [3.63, 3.8) is 0 Å². The number of ether oxygens (including phenoxy) is 1. The highest BCUT2D eigenvalue weighted by molar-refractivity contribution is 5.97. The summed E-state index contributed by atoms with van der Waals surface area (Å²) in [6, 6.07) is 9.27. The minimum Gasteiger partial charge on any atom is -0.491 e. The van der Waals surface area contributed by atoms with Crippen LogP contribution in [-0.4, -0.2) is 21.9 Å².